The van der Waals surface area contributed by atoms with E-state index in [9.17, 15) is 9.59 Å². The van der Waals surface area contributed by atoms with Gasteiger partial charge < -0.3 is 10.4 Å². The van der Waals surface area contributed by atoms with E-state index in [1.807, 2.05) is 6.92 Å². The molecule has 6 nitrogen and oxygen atoms in total. The number of carboxylic acids is 1. The van der Waals surface area contributed by atoms with Crippen LogP contribution in [-0.2, 0) is 6.42 Å². The smallest absolute Gasteiger partial charge is 0.345 e. The third kappa shape index (κ3) is 3.45. The Kier molecular flexibility index (Phi) is 4.52. The Labute approximate surface area is 119 Å². The topological polar surface area (TPSA) is 95.1 Å². The molecule has 0 aromatic carbocycles. The van der Waals surface area contributed by atoms with Gasteiger partial charge in [0.15, 0.2) is 0 Å². The SMILES string of the molecule is Cc1[nH]ncc1CCCNC(=O)c1ccc(C(=O)O)s1. The van der Waals surface area contributed by atoms with Crippen molar-refractivity contribution in [2.45, 2.75) is 19.8 Å². The van der Waals surface area contributed by atoms with Crippen LogP contribution in [0.3, 0.4) is 0 Å². The van der Waals surface area contributed by atoms with Gasteiger partial charge in [-0.2, -0.15) is 5.10 Å². The van der Waals surface area contributed by atoms with Gasteiger partial charge in [0.25, 0.3) is 5.91 Å². The molecule has 0 aliphatic rings. The third-order valence-corrected chi connectivity index (χ3v) is 3.96. The fourth-order valence-electron chi connectivity index (χ4n) is 1.77. The molecule has 106 valence electrons. The maximum absolute atomic E-state index is 11.8. The molecule has 0 aliphatic heterocycles. The molecule has 0 atom stereocenters. The average Bonchev–Trinajstić information content (AvgIpc) is 3.03. The first-order valence-electron chi connectivity index (χ1n) is 6.18. The zero-order valence-electron chi connectivity index (χ0n) is 11.0. The first-order valence-corrected chi connectivity index (χ1v) is 6.99. The highest BCUT2D eigenvalue weighted by atomic mass is 32.1. The van der Waals surface area contributed by atoms with Crippen molar-refractivity contribution in [3.63, 3.8) is 0 Å². The van der Waals surface area contributed by atoms with Gasteiger partial charge in [0.2, 0.25) is 0 Å². The number of aromatic nitrogens is 2. The maximum atomic E-state index is 11.8. The summed E-state index contributed by atoms with van der Waals surface area (Å²) in [5.41, 5.74) is 2.18. The standard InChI is InChI=1S/C13H15N3O3S/c1-8-9(7-15-16-8)3-2-6-14-12(17)10-4-5-11(20-10)13(18)19/h4-5,7H,2-3,6H2,1H3,(H,14,17)(H,15,16)(H,18,19). The summed E-state index contributed by atoms with van der Waals surface area (Å²) in [6.07, 6.45) is 3.44. The summed E-state index contributed by atoms with van der Waals surface area (Å²) in [4.78, 5) is 23.1. The van der Waals surface area contributed by atoms with Gasteiger partial charge in [0.05, 0.1) is 11.1 Å². The lowest BCUT2D eigenvalue weighted by molar-refractivity contribution is 0.0702. The van der Waals surface area contributed by atoms with Crippen LogP contribution >= 0.6 is 11.3 Å². The Morgan fingerprint density at radius 1 is 1.40 bits per heavy atom. The number of thiophene rings is 1. The first-order chi connectivity index (χ1) is 9.58. The summed E-state index contributed by atoms with van der Waals surface area (Å²) in [5.74, 6) is -1.24. The van der Waals surface area contributed by atoms with E-state index in [2.05, 4.69) is 15.5 Å². The number of carboxylic acid groups (broad SMARTS) is 1. The summed E-state index contributed by atoms with van der Waals surface area (Å²) < 4.78 is 0. The molecule has 0 spiro atoms. The predicted octanol–water partition coefficient (Wildman–Crippen LogP) is 1.84. The third-order valence-electron chi connectivity index (χ3n) is 2.88. The van der Waals surface area contributed by atoms with E-state index in [0.29, 0.717) is 11.4 Å². The molecule has 7 heteroatoms. The molecule has 2 heterocycles. The number of amides is 1. The van der Waals surface area contributed by atoms with Gasteiger partial charge in [-0.05, 0) is 37.5 Å². The van der Waals surface area contributed by atoms with Gasteiger partial charge in [0.1, 0.15) is 4.88 Å². The fourth-order valence-corrected chi connectivity index (χ4v) is 2.53. The lowest BCUT2D eigenvalue weighted by atomic mass is 10.1. The molecule has 0 unspecified atom stereocenters. The molecule has 0 aliphatic carbocycles. The molecule has 0 fully saturated rings. The second-order valence-electron chi connectivity index (χ2n) is 4.35. The minimum atomic E-state index is -1.01. The number of aromatic amines is 1. The zero-order chi connectivity index (χ0) is 14.5. The Bertz CT molecular complexity index is 618. The molecule has 2 aromatic heterocycles. The number of nitrogens with zero attached hydrogens (tertiary/aromatic N) is 1. The summed E-state index contributed by atoms with van der Waals surface area (Å²) in [6, 6.07) is 2.97. The van der Waals surface area contributed by atoms with Crippen molar-refractivity contribution in [2.24, 2.45) is 0 Å². The van der Waals surface area contributed by atoms with E-state index in [0.717, 1.165) is 35.4 Å². The average molecular weight is 293 g/mol. The van der Waals surface area contributed by atoms with Gasteiger partial charge >= 0.3 is 5.97 Å². The largest absolute Gasteiger partial charge is 0.477 e. The lowest BCUT2D eigenvalue weighted by Crippen LogP contribution is -2.23. The minimum absolute atomic E-state index is 0.171. The number of nitrogens with one attached hydrogen (secondary N) is 2. The predicted molar refractivity (Wildman–Crippen MR) is 75.3 cm³/mol. The van der Waals surface area contributed by atoms with E-state index >= 15 is 0 Å². The molecule has 0 saturated carbocycles. The summed E-state index contributed by atoms with van der Waals surface area (Å²) in [7, 11) is 0. The van der Waals surface area contributed by atoms with Gasteiger partial charge in [-0.1, -0.05) is 0 Å². The molecule has 0 radical (unpaired) electrons. The highest BCUT2D eigenvalue weighted by Gasteiger charge is 2.12. The van der Waals surface area contributed by atoms with E-state index < -0.39 is 5.97 Å². The monoisotopic (exact) mass is 293 g/mol. The second kappa shape index (κ2) is 6.33. The highest BCUT2D eigenvalue weighted by molar-refractivity contribution is 7.15. The van der Waals surface area contributed by atoms with Crippen LogP contribution in [0.25, 0.3) is 0 Å². The molecule has 0 bridgehead atoms. The van der Waals surface area contributed by atoms with Crippen LogP contribution in [0.1, 0.15) is 37.0 Å². The molecular weight excluding hydrogens is 278 g/mol. The summed E-state index contributed by atoms with van der Waals surface area (Å²) >= 11 is 0.981. The number of aromatic carboxylic acids is 1. The zero-order valence-corrected chi connectivity index (χ0v) is 11.8. The van der Waals surface area contributed by atoms with Crippen LogP contribution in [0.15, 0.2) is 18.3 Å². The number of hydrogen-bond donors (Lipinski definition) is 3. The number of carbonyl (C=O) groups is 2. The van der Waals surface area contributed by atoms with Crippen molar-refractivity contribution in [1.82, 2.24) is 15.5 Å². The van der Waals surface area contributed by atoms with E-state index in [-0.39, 0.29) is 10.8 Å². The summed E-state index contributed by atoms with van der Waals surface area (Å²) in [5, 5.41) is 18.4. The van der Waals surface area contributed by atoms with Crippen molar-refractivity contribution < 1.29 is 14.7 Å². The molecule has 2 aromatic rings. The molecule has 3 N–H and O–H groups in total. The van der Waals surface area contributed by atoms with E-state index in [1.54, 1.807) is 6.20 Å². The van der Waals surface area contributed by atoms with Gasteiger partial charge in [-0.25, -0.2) is 4.79 Å². The van der Waals surface area contributed by atoms with E-state index in [1.165, 1.54) is 12.1 Å². The molecule has 2 rings (SSSR count). The molecule has 0 saturated heterocycles. The van der Waals surface area contributed by atoms with Gasteiger partial charge in [0, 0.05) is 12.2 Å². The number of aryl methyl sites for hydroxylation is 2. The molecular formula is C13H15N3O3S. The van der Waals surface area contributed by atoms with Crippen LogP contribution in [-0.4, -0.2) is 33.7 Å². The van der Waals surface area contributed by atoms with Crippen LogP contribution < -0.4 is 5.32 Å². The number of hydrogen-bond acceptors (Lipinski definition) is 4. The molecule has 20 heavy (non-hydrogen) atoms. The Morgan fingerprint density at radius 2 is 2.15 bits per heavy atom. The summed E-state index contributed by atoms with van der Waals surface area (Å²) in [6.45, 7) is 2.50. The lowest BCUT2D eigenvalue weighted by Gasteiger charge is -2.03. The Morgan fingerprint density at radius 3 is 2.75 bits per heavy atom. The van der Waals surface area contributed by atoms with Crippen molar-refractivity contribution >= 4 is 23.2 Å². The van der Waals surface area contributed by atoms with Crippen molar-refractivity contribution in [3.05, 3.63) is 39.3 Å². The van der Waals surface area contributed by atoms with Crippen LogP contribution in [0, 0.1) is 6.92 Å². The number of carbonyl (C=O) groups excluding carboxylic acids is 1. The Balaban J connectivity index is 1.77. The van der Waals surface area contributed by atoms with Crippen molar-refractivity contribution in [1.29, 1.82) is 0 Å². The van der Waals surface area contributed by atoms with E-state index in [4.69, 9.17) is 5.11 Å². The molecule has 1 amide bonds. The first kappa shape index (κ1) is 14.3. The van der Waals surface area contributed by atoms with Crippen LogP contribution in [0.4, 0.5) is 0 Å². The normalized spacial score (nSPS) is 10.4. The fraction of sp³-hybridized carbons (Fsp3) is 0.308. The Hall–Kier alpha value is -2.15. The van der Waals surface area contributed by atoms with Gasteiger partial charge in [-0.15, -0.1) is 11.3 Å². The highest BCUT2D eigenvalue weighted by Crippen LogP contribution is 2.16. The maximum Gasteiger partial charge on any atom is 0.345 e. The second-order valence-corrected chi connectivity index (χ2v) is 5.43. The van der Waals surface area contributed by atoms with Crippen molar-refractivity contribution in [2.75, 3.05) is 6.54 Å². The quantitative estimate of drug-likeness (QED) is 0.708. The number of H-pyrrole nitrogens is 1. The minimum Gasteiger partial charge on any atom is -0.477 e. The van der Waals surface area contributed by atoms with Crippen LogP contribution in [0.2, 0.25) is 0 Å². The van der Waals surface area contributed by atoms with Gasteiger partial charge in [-0.3, -0.25) is 9.89 Å². The number of rotatable bonds is 6. The van der Waals surface area contributed by atoms with Crippen molar-refractivity contribution in [3.8, 4) is 0 Å². The van der Waals surface area contributed by atoms with Crippen LogP contribution in [0.5, 0.6) is 0 Å².